The fourth-order valence-electron chi connectivity index (χ4n) is 3.01. The van der Waals surface area contributed by atoms with Gasteiger partial charge in [0.05, 0.1) is 17.9 Å². The molecule has 4 aromatic rings. The van der Waals surface area contributed by atoms with Crippen molar-refractivity contribution in [3.05, 3.63) is 77.7 Å². The average molecular weight is 414 g/mol. The summed E-state index contributed by atoms with van der Waals surface area (Å²) < 4.78 is 43.6. The highest BCUT2D eigenvalue weighted by molar-refractivity contribution is 6.08. The van der Waals surface area contributed by atoms with E-state index in [0.717, 1.165) is 28.6 Å². The molecule has 2 heterocycles. The van der Waals surface area contributed by atoms with E-state index < -0.39 is 11.7 Å². The Morgan fingerprint density at radius 3 is 2.60 bits per heavy atom. The van der Waals surface area contributed by atoms with Crippen LogP contribution in [-0.2, 0) is 12.6 Å². The van der Waals surface area contributed by atoms with Crippen molar-refractivity contribution in [2.24, 2.45) is 0 Å². The van der Waals surface area contributed by atoms with Crippen LogP contribution >= 0.6 is 0 Å². The molecular weight excluding hydrogens is 397 g/mol. The molecule has 0 spiro atoms. The molecule has 3 N–H and O–H groups in total. The molecule has 0 aliphatic carbocycles. The third kappa shape index (κ3) is 4.29. The zero-order valence-corrected chi connectivity index (χ0v) is 15.6. The summed E-state index contributed by atoms with van der Waals surface area (Å²) in [7, 11) is 0. The number of nitrogens with one attached hydrogen (secondary N) is 3. The molecule has 4 rings (SSSR count). The highest BCUT2D eigenvalue weighted by atomic mass is 19.4. The third-order valence-corrected chi connectivity index (χ3v) is 4.59. The molecular formula is C21H17F3N4O2. The standard InChI is InChI=1S/C21H17F3N4O2/c22-21(23,24)14-3-1-13(2-4-14)8-10-30-15-5-6-17-16(11-15)19(12-25-17)27-20(29)18-7-9-26-28-18/h1-7,9,11-12,25H,8,10H2,(H,26,28)(H,27,29). The lowest BCUT2D eigenvalue weighted by molar-refractivity contribution is -0.137. The Hall–Kier alpha value is -3.75. The van der Waals surface area contributed by atoms with Gasteiger partial charge in [0.2, 0.25) is 0 Å². The van der Waals surface area contributed by atoms with Crippen LogP contribution < -0.4 is 10.1 Å². The van der Waals surface area contributed by atoms with Gasteiger partial charge in [-0.3, -0.25) is 9.89 Å². The fourth-order valence-corrected chi connectivity index (χ4v) is 3.01. The van der Waals surface area contributed by atoms with Gasteiger partial charge in [0.1, 0.15) is 11.4 Å². The molecule has 0 radical (unpaired) electrons. The Morgan fingerprint density at radius 1 is 1.10 bits per heavy atom. The Morgan fingerprint density at radius 2 is 1.90 bits per heavy atom. The molecule has 0 fully saturated rings. The molecule has 0 aliphatic heterocycles. The van der Waals surface area contributed by atoms with Crippen LogP contribution in [0.25, 0.3) is 10.9 Å². The van der Waals surface area contributed by atoms with Crippen molar-refractivity contribution in [1.29, 1.82) is 0 Å². The van der Waals surface area contributed by atoms with E-state index in [0.29, 0.717) is 30.2 Å². The Labute approximate surface area is 169 Å². The molecule has 154 valence electrons. The minimum atomic E-state index is -4.34. The van der Waals surface area contributed by atoms with E-state index in [1.54, 1.807) is 24.4 Å². The summed E-state index contributed by atoms with van der Waals surface area (Å²) >= 11 is 0. The fraction of sp³-hybridized carbons (Fsp3) is 0.143. The van der Waals surface area contributed by atoms with Crippen LogP contribution in [0.4, 0.5) is 18.9 Å². The molecule has 6 nitrogen and oxygen atoms in total. The summed E-state index contributed by atoms with van der Waals surface area (Å²) in [6, 6.07) is 12.0. The van der Waals surface area contributed by atoms with E-state index in [9.17, 15) is 18.0 Å². The van der Waals surface area contributed by atoms with Crippen LogP contribution in [0.2, 0.25) is 0 Å². The number of fused-ring (bicyclic) bond motifs is 1. The molecule has 0 saturated carbocycles. The minimum Gasteiger partial charge on any atom is -0.493 e. The molecule has 30 heavy (non-hydrogen) atoms. The smallest absolute Gasteiger partial charge is 0.416 e. The number of aromatic nitrogens is 3. The maximum atomic E-state index is 12.6. The summed E-state index contributed by atoms with van der Waals surface area (Å²) in [6.45, 7) is 0.303. The quantitative estimate of drug-likeness (QED) is 0.425. The van der Waals surface area contributed by atoms with Gasteiger partial charge in [-0.25, -0.2) is 0 Å². The van der Waals surface area contributed by atoms with E-state index in [4.69, 9.17) is 4.74 Å². The first-order valence-electron chi connectivity index (χ1n) is 9.11. The lowest BCUT2D eigenvalue weighted by atomic mass is 10.1. The number of hydrogen-bond acceptors (Lipinski definition) is 3. The number of benzene rings is 2. The molecule has 2 aromatic carbocycles. The lowest BCUT2D eigenvalue weighted by Gasteiger charge is -2.09. The third-order valence-electron chi connectivity index (χ3n) is 4.59. The van der Waals surface area contributed by atoms with Gasteiger partial charge >= 0.3 is 6.18 Å². The number of amides is 1. The second-order valence-corrected chi connectivity index (χ2v) is 6.63. The number of ether oxygens (including phenoxy) is 1. The van der Waals surface area contributed by atoms with Gasteiger partial charge in [-0.15, -0.1) is 0 Å². The number of alkyl halides is 3. The average Bonchev–Trinajstić information content (AvgIpc) is 3.38. The van der Waals surface area contributed by atoms with Crippen molar-refractivity contribution in [1.82, 2.24) is 15.2 Å². The van der Waals surface area contributed by atoms with Gasteiger partial charge in [-0.05, 0) is 42.0 Å². The first-order valence-corrected chi connectivity index (χ1v) is 9.11. The number of carbonyl (C=O) groups is 1. The second-order valence-electron chi connectivity index (χ2n) is 6.63. The van der Waals surface area contributed by atoms with Gasteiger partial charge in [0.15, 0.2) is 0 Å². The summed E-state index contributed by atoms with van der Waals surface area (Å²) in [5, 5.41) is 9.94. The number of carbonyl (C=O) groups excluding carboxylic acids is 1. The minimum absolute atomic E-state index is 0.303. The van der Waals surface area contributed by atoms with Crippen LogP contribution in [0.15, 0.2) is 60.9 Å². The molecule has 1 amide bonds. The normalized spacial score (nSPS) is 11.6. The van der Waals surface area contributed by atoms with Gasteiger partial charge in [0.25, 0.3) is 5.91 Å². The van der Waals surface area contributed by atoms with Gasteiger partial charge in [0, 0.05) is 29.7 Å². The van der Waals surface area contributed by atoms with Crippen molar-refractivity contribution in [3.63, 3.8) is 0 Å². The van der Waals surface area contributed by atoms with Crippen molar-refractivity contribution in [2.45, 2.75) is 12.6 Å². The predicted octanol–water partition coefficient (Wildman–Crippen LogP) is 4.78. The molecule has 0 unspecified atom stereocenters. The number of aromatic amines is 2. The van der Waals surface area contributed by atoms with Gasteiger partial charge in [-0.1, -0.05) is 12.1 Å². The lowest BCUT2D eigenvalue weighted by Crippen LogP contribution is -2.12. The van der Waals surface area contributed by atoms with Crippen LogP contribution in [0, 0.1) is 0 Å². The van der Waals surface area contributed by atoms with Crippen LogP contribution in [0.1, 0.15) is 21.6 Å². The van der Waals surface area contributed by atoms with Crippen LogP contribution in [-0.4, -0.2) is 27.7 Å². The van der Waals surface area contributed by atoms with Gasteiger partial charge in [-0.2, -0.15) is 18.3 Å². The molecule has 2 aromatic heterocycles. The maximum absolute atomic E-state index is 12.6. The number of H-pyrrole nitrogens is 2. The largest absolute Gasteiger partial charge is 0.493 e. The highest BCUT2D eigenvalue weighted by Gasteiger charge is 2.29. The summed E-state index contributed by atoms with van der Waals surface area (Å²) in [5.41, 5.74) is 1.84. The topological polar surface area (TPSA) is 82.8 Å². The second kappa shape index (κ2) is 7.94. The highest BCUT2D eigenvalue weighted by Crippen LogP contribution is 2.30. The first-order chi connectivity index (χ1) is 14.4. The number of nitrogens with zero attached hydrogens (tertiary/aromatic N) is 1. The first kappa shape index (κ1) is 19.6. The maximum Gasteiger partial charge on any atom is 0.416 e. The summed E-state index contributed by atoms with van der Waals surface area (Å²) in [6.07, 6.45) is -0.699. The van der Waals surface area contributed by atoms with E-state index in [-0.39, 0.29) is 5.91 Å². The SMILES string of the molecule is O=C(Nc1c[nH]c2ccc(OCCc3ccc(C(F)(F)F)cc3)cc12)c1ccn[nH]1. The van der Waals surface area contributed by atoms with E-state index in [1.807, 2.05) is 6.07 Å². The number of halogens is 3. The summed E-state index contributed by atoms with van der Waals surface area (Å²) in [5.74, 6) is 0.271. The summed E-state index contributed by atoms with van der Waals surface area (Å²) in [4.78, 5) is 15.3. The van der Waals surface area contributed by atoms with Crippen molar-refractivity contribution in [3.8, 4) is 5.75 Å². The zero-order chi connectivity index (χ0) is 21.1. The Kier molecular flexibility index (Phi) is 5.18. The van der Waals surface area contributed by atoms with E-state index >= 15 is 0 Å². The Balaban J connectivity index is 1.40. The number of hydrogen-bond donors (Lipinski definition) is 3. The predicted molar refractivity (Wildman–Crippen MR) is 105 cm³/mol. The van der Waals surface area contributed by atoms with Gasteiger partial charge < -0.3 is 15.0 Å². The molecule has 9 heteroatoms. The zero-order valence-electron chi connectivity index (χ0n) is 15.6. The Bertz CT molecular complexity index is 1150. The van der Waals surface area contributed by atoms with E-state index in [2.05, 4.69) is 20.5 Å². The number of rotatable bonds is 6. The van der Waals surface area contributed by atoms with Crippen molar-refractivity contribution in [2.75, 3.05) is 11.9 Å². The van der Waals surface area contributed by atoms with E-state index in [1.165, 1.54) is 18.3 Å². The van der Waals surface area contributed by atoms with Crippen molar-refractivity contribution >= 4 is 22.5 Å². The molecule has 0 bridgehead atoms. The van der Waals surface area contributed by atoms with Crippen LogP contribution in [0.5, 0.6) is 5.75 Å². The molecule has 0 saturated heterocycles. The molecule has 0 aliphatic rings. The van der Waals surface area contributed by atoms with Crippen molar-refractivity contribution < 1.29 is 22.7 Å². The monoisotopic (exact) mass is 414 g/mol. The van der Waals surface area contributed by atoms with Crippen LogP contribution in [0.3, 0.4) is 0 Å². The number of anilines is 1. The molecule has 0 atom stereocenters.